The van der Waals surface area contributed by atoms with E-state index in [2.05, 4.69) is 11.4 Å². The van der Waals surface area contributed by atoms with E-state index in [9.17, 15) is 10.1 Å². The third-order valence-electron chi connectivity index (χ3n) is 4.67. The van der Waals surface area contributed by atoms with E-state index in [0.717, 1.165) is 36.4 Å². The number of nitrogens with zero attached hydrogens (tertiary/aromatic N) is 2. The Kier molecular flexibility index (Phi) is 7.32. The number of hydrogen-bond donors (Lipinski definition) is 1. The standard InChI is InChI=1S/C22H25N3O2S/c1-2-27-20-11-7-6-10-19(20)24-21(26)12-13-28-22-17(15-23)14-16-8-4-3-5-9-18(16)25-22/h6-7,10-11,14H,2-5,8-9,12-13H2,1H3,(H,24,26). The van der Waals surface area contributed by atoms with Crippen molar-refractivity contribution in [3.63, 3.8) is 0 Å². The Bertz CT molecular complexity index is 877. The first-order valence-corrected chi connectivity index (χ1v) is 10.8. The number of aryl methyl sites for hydroxylation is 2. The van der Waals surface area contributed by atoms with Crippen LogP contribution in [0.3, 0.4) is 0 Å². The molecule has 0 aliphatic heterocycles. The first-order valence-electron chi connectivity index (χ1n) is 9.78. The predicted molar refractivity (Wildman–Crippen MR) is 112 cm³/mol. The van der Waals surface area contributed by atoms with Gasteiger partial charge in [0.1, 0.15) is 16.8 Å². The molecule has 0 bridgehead atoms. The summed E-state index contributed by atoms with van der Waals surface area (Å²) in [6.45, 7) is 2.46. The fourth-order valence-corrected chi connectivity index (χ4v) is 4.20. The van der Waals surface area contributed by atoms with Gasteiger partial charge in [0.25, 0.3) is 0 Å². The lowest BCUT2D eigenvalue weighted by Gasteiger charge is -2.12. The highest BCUT2D eigenvalue weighted by Crippen LogP contribution is 2.28. The number of amides is 1. The lowest BCUT2D eigenvalue weighted by atomic mass is 10.1. The van der Waals surface area contributed by atoms with Gasteiger partial charge in [-0.05, 0) is 56.4 Å². The zero-order chi connectivity index (χ0) is 19.8. The van der Waals surface area contributed by atoms with Crippen LogP contribution in [-0.2, 0) is 17.6 Å². The molecule has 1 heterocycles. The molecule has 6 heteroatoms. The van der Waals surface area contributed by atoms with Crippen molar-refractivity contribution in [1.82, 2.24) is 4.98 Å². The first kappa shape index (κ1) is 20.2. The number of benzene rings is 1. The zero-order valence-corrected chi connectivity index (χ0v) is 17.0. The molecule has 2 aromatic rings. The molecular formula is C22H25N3O2S. The molecular weight excluding hydrogens is 370 g/mol. The highest BCUT2D eigenvalue weighted by Gasteiger charge is 2.15. The number of carbonyl (C=O) groups is 1. The van der Waals surface area contributed by atoms with Crippen molar-refractivity contribution in [3.8, 4) is 11.8 Å². The van der Waals surface area contributed by atoms with E-state index in [1.54, 1.807) is 0 Å². The van der Waals surface area contributed by atoms with Crippen LogP contribution in [0.4, 0.5) is 5.69 Å². The number of thioether (sulfide) groups is 1. The predicted octanol–water partition coefficient (Wildman–Crippen LogP) is 4.74. The Balaban J connectivity index is 1.60. The van der Waals surface area contributed by atoms with Gasteiger partial charge in [0.05, 0.1) is 17.9 Å². The zero-order valence-electron chi connectivity index (χ0n) is 16.2. The fraction of sp³-hybridized carbons (Fsp3) is 0.409. The number of fused-ring (bicyclic) bond motifs is 1. The van der Waals surface area contributed by atoms with Gasteiger partial charge in [-0.2, -0.15) is 5.26 Å². The number of rotatable bonds is 7. The van der Waals surface area contributed by atoms with E-state index in [0.29, 0.717) is 35.8 Å². The summed E-state index contributed by atoms with van der Waals surface area (Å²) in [7, 11) is 0. The lowest BCUT2D eigenvalue weighted by Crippen LogP contribution is -2.13. The van der Waals surface area contributed by atoms with Gasteiger partial charge in [-0.3, -0.25) is 4.79 Å². The van der Waals surface area contributed by atoms with Crippen molar-refractivity contribution in [2.45, 2.75) is 50.5 Å². The summed E-state index contributed by atoms with van der Waals surface area (Å²) in [5.41, 5.74) is 3.63. The average molecular weight is 396 g/mol. The number of pyridine rings is 1. The van der Waals surface area contributed by atoms with Crippen molar-refractivity contribution in [1.29, 1.82) is 5.26 Å². The van der Waals surface area contributed by atoms with Crippen LogP contribution in [0, 0.1) is 11.3 Å². The van der Waals surface area contributed by atoms with E-state index in [1.165, 1.54) is 23.7 Å². The minimum Gasteiger partial charge on any atom is -0.492 e. The summed E-state index contributed by atoms with van der Waals surface area (Å²) in [6.07, 6.45) is 5.85. The SMILES string of the molecule is CCOc1ccccc1NC(=O)CCSc1nc2c(cc1C#N)CCCCC2. The van der Waals surface area contributed by atoms with Gasteiger partial charge in [-0.1, -0.05) is 18.6 Å². The Morgan fingerprint density at radius 2 is 2.11 bits per heavy atom. The number of aromatic nitrogens is 1. The van der Waals surface area contributed by atoms with Crippen LogP contribution in [0.15, 0.2) is 35.4 Å². The smallest absolute Gasteiger partial charge is 0.225 e. The number of carbonyl (C=O) groups excluding carboxylic acids is 1. The number of anilines is 1. The summed E-state index contributed by atoms with van der Waals surface area (Å²) in [4.78, 5) is 17.1. The second-order valence-corrected chi connectivity index (χ2v) is 7.78. The molecule has 146 valence electrons. The van der Waals surface area contributed by atoms with Crippen LogP contribution in [0.5, 0.6) is 5.75 Å². The van der Waals surface area contributed by atoms with Crippen LogP contribution in [-0.4, -0.2) is 23.3 Å². The molecule has 0 fully saturated rings. The summed E-state index contributed by atoms with van der Waals surface area (Å²) in [6, 6.07) is 11.7. The van der Waals surface area contributed by atoms with Crippen molar-refractivity contribution in [3.05, 3.63) is 47.2 Å². The minimum absolute atomic E-state index is 0.0760. The molecule has 1 aromatic carbocycles. The second kappa shape index (κ2) is 10.1. The normalized spacial score (nSPS) is 13.1. The maximum absolute atomic E-state index is 12.3. The number of hydrogen-bond acceptors (Lipinski definition) is 5. The van der Waals surface area contributed by atoms with Crippen molar-refractivity contribution in [2.24, 2.45) is 0 Å². The van der Waals surface area contributed by atoms with E-state index in [-0.39, 0.29) is 5.91 Å². The summed E-state index contributed by atoms with van der Waals surface area (Å²) >= 11 is 1.48. The molecule has 0 atom stereocenters. The topological polar surface area (TPSA) is 75.0 Å². The maximum Gasteiger partial charge on any atom is 0.225 e. The monoisotopic (exact) mass is 395 g/mol. The highest BCUT2D eigenvalue weighted by atomic mass is 32.2. The molecule has 0 saturated heterocycles. The van der Waals surface area contributed by atoms with E-state index in [1.807, 2.05) is 37.3 Å². The van der Waals surface area contributed by atoms with Crippen LogP contribution in [0.25, 0.3) is 0 Å². The second-order valence-electron chi connectivity index (χ2n) is 6.70. The van der Waals surface area contributed by atoms with Crippen molar-refractivity contribution >= 4 is 23.4 Å². The van der Waals surface area contributed by atoms with Gasteiger partial charge in [0.2, 0.25) is 5.91 Å². The van der Waals surface area contributed by atoms with Crippen molar-refractivity contribution < 1.29 is 9.53 Å². The molecule has 1 amide bonds. The molecule has 0 spiro atoms. The van der Waals surface area contributed by atoms with Gasteiger partial charge in [-0.25, -0.2) is 4.98 Å². The molecule has 0 radical (unpaired) electrons. The third kappa shape index (κ3) is 5.26. The highest BCUT2D eigenvalue weighted by molar-refractivity contribution is 7.99. The minimum atomic E-state index is -0.0760. The molecule has 1 N–H and O–H groups in total. The van der Waals surface area contributed by atoms with E-state index < -0.39 is 0 Å². The fourth-order valence-electron chi connectivity index (χ4n) is 3.29. The Labute approximate surface area is 170 Å². The van der Waals surface area contributed by atoms with Gasteiger partial charge >= 0.3 is 0 Å². The van der Waals surface area contributed by atoms with Crippen LogP contribution >= 0.6 is 11.8 Å². The number of nitriles is 1. The van der Waals surface area contributed by atoms with Gasteiger partial charge in [0, 0.05) is 17.9 Å². The van der Waals surface area contributed by atoms with Gasteiger partial charge in [0.15, 0.2) is 0 Å². The van der Waals surface area contributed by atoms with E-state index >= 15 is 0 Å². The van der Waals surface area contributed by atoms with Crippen LogP contribution in [0.1, 0.15) is 49.4 Å². The number of para-hydroxylation sites is 2. The lowest BCUT2D eigenvalue weighted by molar-refractivity contribution is -0.115. The molecule has 1 aromatic heterocycles. The molecule has 1 aliphatic rings. The van der Waals surface area contributed by atoms with Crippen LogP contribution < -0.4 is 10.1 Å². The Morgan fingerprint density at radius 3 is 2.93 bits per heavy atom. The Hall–Kier alpha value is -2.52. The molecule has 0 unspecified atom stereocenters. The van der Waals surface area contributed by atoms with Gasteiger partial charge in [-0.15, -0.1) is 11.8 Å². The van der Waals surface area contributed by atoms with Crippen molar-refractivity contribution in [2.75, 3.05) is 17.7 Å². The quantitative estimate of drug-likeness (QED) is 0.541. The molecule has 1 aliphatic carbocycles. The number of ether oxygens (including phenoxy) is 1. The Morgan fingerprint density at radius 1 is 1.29 bits per heavy atom. The molecule has 0 saturated carbocycles. The summed E-state index contributed by atoms with van der Waals surface area (Å²) in [5, 5.41) is 13.1. The molecule has 28 heavy (non-hydrogen) atoms. The summed E-state index contributed by atoms with van der Waals surface area (Å²) < 4.78 is 5.54. The maximum atomic E-state index is 12.3. The average Bonchev–Trinajstić information content (AvgIpc) is 2.94. The molecule has 3 rings (SSSR count). The molecule has 5 nitrogen and oxygen atoms in total. The first-order chi connectivity index (χ1) is 13.7. The third-order valence-corrected chi connectivity index (χ3v) is 5.66. The van der Waals surface area contributed by atoms with Gasteiger partial charge < -0.3 is 10.1 Å². The number of nitrogens with one attached hydrogen (secondary N) is 1. The van der Waals surface area contributed by atoms with Crippen LogP contribution in [0.2, 0.25) is 0 Å². The van der Waals surface area contributed by atoms with E-state index in [4.69, 9.17) is 9.72 Å². The largest absolute Gasteiger partial charge is 0.492 e. The summed E-state index contributed by atoms with van der Waals surface area (Å²) in [5.74, 6) is 1.17.